The van der Waals surface area contributed by atoms with E-state index in [0.29, 0.717) is 16.3 Å². The zero-order chi connectivity index (χ0) is 11.4. The van der Waals surface area contributed by atoms with Crippen molar-refractivity contribution >= 4 is 40.4 Å². The van der Waals surface area contributed by atoms with Crippen LogP contribution in [-0.4, -0.2) is 17.4 Å². The molecule has 0 radical (unpaired) electrons. The second kappa shape index (κ2) is 4.95. The molecule has 15 heavy (non-hydrogen) atoms. The molecule has 1 aromatic rings. The highest BCUT2D eigenvalue weighted by Crippen LogP contribution is 2.20. The molecule has 0 aromatic heterocycles. The Kier molecular flexibility index (Phi) is 3.88. The summed E-state index contributed by atoms with van der Waals surface area (Å²) >= 11 is 10.6. The predicted molar refractivity (Wildman–Crippen MR) is 65.0 cm³/mol. The second-order valence-electron chi connectivity index (χ2n) is 2.87. The number of thiocarbonyl (C=S) groups is 1. The molecule has 0 heterocycles. The lowest BCUT2D eigenvalue weighted by atomic mass is 10.2. The molecule has 0 saturated carbocycles. The van der Waals surface area contributed by atoms with Crippen molar-refractivity contribution in [2.45, 2.75) is 0 Å². The molecule has 1 aromatic carbocycles. The van der Waals surface area contributed by atoms with Crippen molar-refractivity contribution in [2.24, 2.45) is 11.5 Å². The summed E-state index contributed by atoms with van der Waals surface area (Å²) in [5.74, 6) is -0.469. The third-order valence-electron chi connectivity index (χ3n) is 1.70. The van der Waals surface area contributed by atoms with Gasteiger partial charge in [-0.1, -0.05) is 23.8 Å². The van der Waals surface area contributed by atoms with Gasteiger partial charge in [0.2, 0.25) is 5.91 Å². The van der Waals surface area contributed by atoms with Gasteiger partial charge < -0.3 is 16.8 Å². The van der Waals surface area contributed by atoms with Crippen LogP contribution < -0.4 is 16.8 Å². The van der Waals surface area contributed by atoms with Crippen LogP contribution in [0.1, 0.15) is 5.56 Å². The summed E-state index contributed by atoms with van der Waals surface area (Å²) in [6.45, 7) is 0.00988. The van der Waals surface area contributed by atoms with Crippen LogP contribution in [0.2, 0.25) is 5.02 Å². The minimum Gasteiger partial charge on any atom is -0.389 e. The summed E-state index contributed by atoms with van der Waals surface area (Å²) < 4.78 is 0. The monoisotopic (exact) mass is 243 g/mol. The van der Waals surface area contributed by atoms with Gasteiger partial charge in [-0.05, 0) is 18.2 Å². The Balaban J connectivity index is 2.96. The average Bonchev–Trinajstić information content (AvgIpc) is 2.14. The first-order chi connectivity index (χ1) is 7.00. The van der Waals surface area contributed by atoms with E-state index in [2.05, 4.69) is 5.32 Å². The number of amides is 1. The highest BCUT2D eigenvalue weighted by Gasteiger charge is 2.06. The molecule has 0 aliphatic rings. The van der Waals surface area contributed by atoms with E-state index in [1.165, 1.54) is 0 Å². The van der Waals surface area contributed by atoms with Gasteiger partial charge >= 0.3 is 0 Å². The molecule has 0 spiro atoms. The van der Waals surface area contributed by atoms with E-state index < -0.39 is 5.91 Å². The van der Waals surface area contributed by atoms with Crippen molar-refractivity contribution in [3.8, 4) is 0 Å². The molecule has 0 bridgehead atoms. The number of anilines is 1. The maximum atomic E-state index is 10.6. The fraction of sp³-hybridized carbons (Fsp3) is 0.111. The standard InChI is InChI=1S/C9H10ClN3OS/c10-5-1-2-6(9(12)15)7(3-5)13-4-8(11)14/h1-3,13H,4H2,(H2,11,14)(H2,12,15). The van der Waals surface area contributed by atoms with Crippen LogP contribution in [0.3, 0.4) is 0 Å². The molecule has 0 fully saturated rings. The number of carbonyl (C=O) groups is 1. The maximum absolute atomic E-state index is 10.6. The number of nitrogens with one attached hydrogen (secondary N) is 1. The zero-order valence-electron chi connectivity index (χ0n) is 7.79. The lowest BCUT2D eigenvalue weighted by Crippen LogP contribution is -2.23. The van der Waals surface area contributed by atoms with E-state index in [1.54, 1.807) is 18.2 Å². The van der Waals surface area contributed by atoms with Crippen molar-refractivity contribution in [1.82, 2.24) is 0 Å². The van der Waals surface area contributed by atoms with Crippen molar-refractivity contribution in [1.29, 1.82) is 0 Å². The quantitative estimate of drug-likeness (QED) is 0.686. The molecule has 0 aliphatic carbocycles. The summed E-state index contributed by atoms with van der Waals surface area (Å²) in [6, 6.07) is 5.00. The molecule has 0 aliphatic heterocycles. The Morgan fingerprint density at radius 2 is 2.13 bits per heavy atom. The van der Waals surface area contributed by atoms with Crippen molar-refractivity contribution in [3.63, 3.8) is 0 Å². The first kappa shape index (κ1) is 11.7. The number of benzene rings is 1. The first-order valence-electron chi connectivity index (χ1n) is 4.12. The molecule has 4 nitrogen and oxygen atoms in total. The fourth-order valence-corrected chi connectivity index (χ4v) is 1.41. The third-order valence-corrected chi connectivity index (χ3v) is 2.16. The second-order valence-corrected chi connectivity index (χ2v) is 3.75. The number of halogens is 1. The Morgan fingerprint density at radius 3 is 2.67 bits per heavy atom. The molecule has 0 saturated heterocycles. The topological polar surface area (TPSA) is 81.1 Å². The largest absolute Gasteiger partial charge is 0.389 e. The van der Waals surface area contributed by atoms with Gasteiger partial charge in [0.25, 0.3) is 0 Å². The lowest BCUT2D eigenvalue weighted by Gasteiger charge is -2.09. The van der Waals surface area contributed by atoms with E-state index in [4.69, 9.17) is 35.3 Å². The summed E-state index contributed by atoms with van der Waals surface area (Å²) in [4.78, 5) is 10.8. The van der Waals surface area contributed by atoms with Crippen LogP contribution in [0.25, 0.3) is 0 Å². The number of carbonyl (C=O) groups excluding carboxylic acids is 1. The van der Waals surface area contributed by atoms with Crippen LogP contribution in [0, 0.1) is 0 Å². The first-order valence-corrected chi connectivity index (χ1v) is 4.91. The molecule has 0 unspecified atom stereocenters. The molecular formula is C9H10ClN3OS. The highest BCUT2D eigenvalue weighted by molar-refractivity contribution is 7.80. The molecule has 1 rings (SSSR count). The van der Waals surface area contributed by atoms with Crippen molar-refractivity contribution in [2.75, 3.05) is 11.9 Å². The van der Waals surface area contributed by atoms with E-state index in [-0.39, 0.29) is 11.5 Å². The fourth-order valence-electron chi connectivity index (χ4n) is 1.06. The minimum atomic E-state index is -0.469. The summed E-state index contributed by atoms with van der Waals surface area (Å²) in [6.07, 6.45) is 0. The Bertz CT molecular complexity index is 408. The summed E-state index contributed by atoms with van der Waals surface area (Å²) in [7, 11) is 0. The normalized spacial score (nSPS) is 9.67. The van der Waals surface area contributed by atoms with Crippen LogP contribution >= 0.6 is 23.8 Å². The van der Waals surface area contributed by atoms with Crippen molar-refractivity contribution in [3.05, 3.63) is 28.8 Å². The lowest BCUT2D eigenvalue weighted by molar-refractivity contribution is -0.116. The van der Waals surface area contributed by atoms with E-state index in [1.807, 2.05) is 0 Å². The van der Waals surface area contributed by atoms with Gasteiger partial charge in [0.1, 0.15) is 4.99 Å². The maximum Gasteiger partial charge on any atom is 0.236 e. The zero-order valence-corrected chi connectivity index (χ0v) is 9.36. The van der Waals surface area contributed by atoms with Gasteiger partial charge in [0, 0.05) is 16.3 Å². The summed E-state index contributed by atoms with van der Waals surface area (Å²) in [5, 5.41) is 3.34. The third kappa shape index (κ3) is 3.38. The van der Waals surface area contributed by atoms with Gasteiger partial charge in [-0.3, -0.25) is 4.79 Å². The predicted octanol–water partition coefficient (Wildman–Crippen LogP) is 0.871. The smallest absolute Gasteiger partial charge is 0.236 e. The van der Waals surface area contributed by atoms with Crippen LogP contribution in [0.4, 0.5) is 5.69 Å². The SMILES string of the molecule is NC(=O)CNc1cc(Cl)ccc1C(N)=S. The summed E-state index contributed by atoms with van der Waals surface area (Å²) in [5.41, 5.74) is 11.7. The van der Waals surface area contributed by atoms with E-state index in [9.17, 15) is 4.79 Å². The Morgan fingerprint density at radius 1 is 1.47 bits per heavy atom. The molecule has 1 amide bonds. The molecule has 5 N–H and O–H groups in total. The van der Waals surface area contributed by atoms with Gasteiger partial charge in [0.05, 0.1) is 6.54 Å². The number of primary amides is 1. The Hall–Kier alpha value is -1.33. The number of nitrogens with two attached hydrogens (primary N) is 2. The van der Waals surface area contributed by atoms with E-state index in [0.717, 1.165) is 0 Å². The van der Waals surface area contributed by atoms with Gasteiger partial charge in [0.15, 0.2) is 0 Å². The van der Waals surface area contributed by atoms with Crippen LogP contribution in [0.15, 0.2) is 18.2 Å². The minimum absolute atomic E-state index is 0.00988. The van der Waals surface area contributed by atoms with Gasteiger partial charge in [-0.25, -0.2) is 0 Å². The number of rotatable bonds is 4. The number of hydrogen-bond donors (Lipinski definition) is 3. The Labute approximate surface area is 97.6 Å². The number of hydrogen-bond acceptors (Lipinski definition) is 3. The molecular weight excluding hydrogens is 234 g/mol. The van der Waals surface area contributed by atoms with Crippen molar-refractivity contribution < 1.29 is 4.79 Å². The van der Waals surface area contributed by atoms with Crippen LogP contribution in [0.5, 0.6) is 0 Å². The highest BCUT2D eigenvalue weighted by atomic mass is 35.5. The average molecular weight is 244 g/mol. The van der Waals surface area contributed by atoms with E-state index >= 15 is 0 Å². The molecule has 6 heteroatoms. The van der Waals surface area contributed by atoms with Crippen LogP contribution in [-0.2, 0) is 4.79 Å². The van der Waals surface area contributed by atoms with Gasteiger partial charge in [-0.2, -0.15) is 0 Å². The molecule has 80 valence electrons. The molecule has 0 atom stereocenters. The van der Waals surface area contributed by atoms with Gasteiger partial charge in [-0.15, -0.1) is 0 Å².